The van der Waals surface area contributed by atoms with E-state index in [1.165, 1.54) is 18.5 Å². The van der Waals surface area contributed by atoms with Crippen LogP contribution in [0.3, 0.4) is 0 Å². The van der Waals surface area contributed by atoms with Gasteiger partial charge < -0.3 is 14.0 Å². The number of ether oxygens (including phenoxy) is 1. The fourth-order valence-corrected chi connectivity index (χ4v) is 1.68. The molecule has 0 aliphatic carbocycles. The molecule has 19 heavy (non-hydrogen) atoms. The van der Waals surface area contributed by atoms with Crippen molar-refractivity contribution in [2.75, 3.05) is 6.56 Å². The summed E-state index contributed by atoms with van der Waals surface area (Å²) in [5.74, 6) is -0.129. The predicted octanol–water partition coefficient (Wildman–Crippen LogP) is 2.17. The van der Waals surface area contributed by atoms with Crippen molar-refractivity contribution in [2.24, 2.45) is 0 Å². The molecule has 1 fully saturated rings. The molecule has 0 bridgehead atoms. The maximum atomic E-state index is 7.75. The molecule has 0 N–H and O–H groups in total. The number of nitrogens with zero attached hydrogens (tertiary/aromatic N) is 1. The summed E-state index contributed by atoms with van der Waals surface area (Å²) in [6, 6.07) is 1.39. The Balaban J connectivity index is 2.26. The van der Waals surface area contributed by atoms with Gasteiger partial charge in [0, 0.05) is 18.5 Å². The predicted molar refractivity (Wildman–Crippen MR) is 75.7 cm³/mol. The van der Waals surface area contributed by atoms with Gasteiger partial charge in [-0.15, -0.1) is 0 Å². The molecule has 104 valence electrons. The number of hydrogen-bond donors (Lipinski definition) is 0. The summed E-state index contributed by atoms with van der Waals surface area (Å²) in [4.78, 5) is 3.94. The highest BCUT2D eigenvalue weighted by Gasteiger charge is 2.51. The van der Waals surface area contributed by atoms with Crippen molar-refractivity contribution in [3.63, 3.8) is 0 Å². The third-order valence-corrected chi connectivity index (χ3v) is 3.48. The molecule has 0 aromatic carbocycles. The van der Waals surface area contributed by atoms with E-state index in [0.717, 1.165) is 0 Å². The van der Waals surface area contributed by atoms with Crippen LogP contribution in [0.15, 0.2) is 18.5 Å². The van der Waals surface area contributed by atoms with E-state index < -0.39 is 38.1 Å². The minimum absolute atomic E-state index is 0.129. The summed E-state index contributed by atoms with van der Waals surface area (Å²) in [6.45, 7) is 1.21. The van der Waals surface area contributed by atoms with Crippen molar-refractivity contribution in [3.8, 4) is 5.75 Å². The molecule has 1 aromatic rings. The first-order valence-corrected chi connectivity index (χ1v) is 6.00. The highest BCUT2D eigenvalue weighted by Crippen LogP contribution is 2.36. The molecule has 0 radical (unpaired) electrons. The lowest BCUT2D eigenvalue weighted by atomic mass is 9.80. The van der Waals surface area contributed by atoms with Crippen molar-refractivity contribution in [3.05, 3.63) is 18.5 Å². The Kier molecular flexibility index (Phi) is 2.07. The van der Waals surface area contributed by atoms with E-state index in [2.05, 4.69) is 4.98 Å². The van der Waals surface area contributed by atoms with E-state index in [1.54, 1.807) is 0 Å². The average molecular weight is 270 g/mol. The molecule has 2 heterocycles. The molecule has 1 saturated heterocycles. The zero-order valence-electron chi connectivity index (χ0n) is 18.5. The van der Waals surface area contributed by atoms with E-state index in [-0.39, 0.29) is 5.75 Å². The van der Waals surface area contributed by atoms with Gasteiger partial charge in [0.15, 0.2) is 0 Å². The first-order valence-electron chi connectivity index (χ1n) is 9.50. The third kappa shape index (κ3) is 2.93. The third-order valence-electron chi connectivity index (χ3n) is 3.48. The summed E-state index contributed by atoms with van der Waals surface area (Å²) in [7, 11) is -0.763. The van der Waals surface area contributed by atoms with Gasteiger partial charge in [-0.1, -0.05) is 6.85 Å². The maximum Gasteiger partial charge on any atom is 0.496 e. The van der Waals surface area contributed by atoms with Gasteiger partial charge >= 0.3 is 7.12 Å². The summed E-state index contributed by atoms with van der Waals surface area (Å²) < 4.78 is 69.1. The minimum Gasteiger partial charge on any atom is -0.492 e. The van der Waals surface area contributed by atoms with Crippen LogP contribution in [0.4, 0.5) is 0 Å². The van der Waals surface area contributed by atoms with Crippen molar-refractivity contribution < 1.29 is 23.6 Å². The van der Waals surface area contributed by atoms with Crippen LogP contribution in [0.5, 0.6) is 5.75 Å². The van der Waals surface area contributed by atoms with Crippen LogP contribution in [-0.4, -0.2) is 29.9 Å². The molecule has 0 saturated carbocycles. The number of aromatic nitrogens is 1. The number of hydrogen-bond acceptors (Lipinski definition) is 4. The van der Waals surface area contributed by atoms with Crippen LogP contribution in [0.2, 0.25) is 0 Å². The second-order valence-corrected chi connectivity index (χ2v) is 5.37. The van der Waals surface area contributed by atoms with E-state index in [9.17, 15) is 0 Å². The summed E-state index contributed by atoms with van der Waals surface area (Å²) in [5, 5.41) is 0. The normalized spacial score (nSPS) is 28.2. The molecular weight excluding hydrogens is 241 g/mol. The SMILES string of the molecule is [2H]C([2H])([2H])C([2H])([2H])C([2H])([2H])Oc1cncc(B2OC(C)(C)C(C)(C)O2)c1. The van der Waals surface area contributed by atoms with Crippen LogP contribution in [0.1, 0.15) is 50.5 Å². The van der Waals surface area contributed by atoms with Crippen molar-refractivity contribution in [1.82, 2.24) is 4.98 Å². The van der Waals surface area contributed by atoms with Gasteiger partial charge in [0.05, 0.1) is 26.7 Å². The van der Waals surface area contributed by atoms with E-state index >= 15 is 0 Å². The maximum absolute atomic E-state index is 7.75. The molecule has 0 spiro atoms. The lowest BCUT2D eigenvalue weighted by Gasteiger charge is -2.32. The Labute approximate surface area is 125 Å². The van der Waals surface area contributed by atoms with E-state index in [0.29, 0.717) is 5.46 Å². The Bertz CT molecular complexity index is 663. The Morgan fingerprint density at radius 2 is 2.00 bits per heavy atom. The van der Waals surface area contributed by atoms with Crippen LogP contribution >= 0.6 is 0 Å². The van der Waals surface area contributed by atoms with E-state index in [1.807, 2.05) is 27.7 Å². The number of rotatable bonds is 4. The summed E-state index contributed by atoms with van der Waals surface area (Å²) in [5.41, 5.74) is -0.713. The topological polar surface area (TPSA) is 40.6 Å². The summed E-state index contributed by atoms with van der Waals surface area (Å²) >= 11 is 0. The molecule has 0 atom stereocenters. The van der Waals surface area contributed by atoms with Gasteiger partial charge in [-0.3, -0.25) is 4.98 Å². The second-order valence-electron chi connectivity index (χ2n) is 5.37. The monoisotopic (exact) mass is 270 g/mol. The molecule has 2 rings (SSSR count). The van der Waals surface area contributed by atoms with Crippen LogP contribution in [0, 0.1) is 0 Å². The first kappa shape index (κ1) is 7.65. The van der Waals surface area contributed by atoms with E-state index in [4.69, 9.17) is 23.6 Å². The lowest BCUT2D eigenvalue weighted by molar-refractivity contribution is 0.00578. The van der Waals surface area contributed by atoms with Crippen LogP contribution < -0.4 is 10.2 Å². The first-order chi connectivity index (χ1) is 11.5. The molecule has 1 aromatic heterocycles. The lowest BCUT2D eigenvalue weighted by Crippen LogP contribution is -2.41. The molecular formula is C14H22BNO3. The number of pyridine rings is 1. The smallest absolute Gasteiger partial charge is 0.492 e. The van der Waals surface area contributed by atoms with Crippen molar-refractivity contribution in [1.29, 1.82) is 0 Å². The summed E-state index contributed by atoms with van der Waals surface area (Å²) in [6.07, 6.45) is -0.592. The standard InChI is InChI=1S/C14H22BNO3/c1-6-7-17-12-8-11(9-16-10-12)15-18-13(2,3)14(4,5)19-15/h8-10H,6-7H2,1-5H3/i1D3,6D2,7D2. The Morgan fingerprint density at radius 1 is 1.32 bits per heavy atom. The van der Waals surface area contributed by atoms with Gasteiger partial charge in [0.1, 0.15) is 5.75 Å². The highest BCUT2D eigenvalue weighted by molar-refractivity contribution is 6.62. The Hall–Kier alpha value is -1.07. The zero-order valence-corrected chi connectivity index (χ0v) is 11.5. The molecule has 4 nitrogen and oxygen atoms in total. The van der Waals surface area contributed by atoms with Crippen molar-refractivity contribution in [2.45, 2.75) is 52.1 Å². The molecule has 5 heteroatoms. The van der Waals surface area contributed by atoms with Gasteiger partial charge in [-0.05, 0) is 40.1 Å². The molecule has 1 aliphatic rings. The molecule has 1 aliphatic heterocycles. The van der Waals surface area contributed by atoms with Gasteiger partial charge in [0.2, 0.25) is 0 Å². The average Bonchev–Trinajstić information content (AvgIpc) is 2.66. The van der Waals surface area contributed by atoms with Gasteiger partial charge in [-0.2, -0.15) is 0 Å². The quantitative estimate of drug-likeness (QED) is 0.786. The molecule has 0 unspecified atom stereocenters. The fourth-order valence-electron chi connectivity index (χ4n) is 1.68. The van der Waals surface area contributed by atoms with Crippen LogP contribution in [0.25, 0.3) is 0 Å². The van der Waals surface area contributed by atoms with Crippen LogP contribution in [-0.2, 0) is 9.31 Å². The van der Waals surface area contributed by atoms with Gasteiger partial charge in [0.25, 0.3) is 0 Å². The zero-order chi connectivity index (χ0) is 20.2. The highest BCUT2D eigenvalue weighted by atomic mass is 16.7. The van der Waals surface area contributed by atoms with Gasteiger partial charge in [-0.25, -0.2) is 0 Å². The fraction of sp³-hybridized carbons (Fsp3) is 0.643. The largest absolute Gasteiger partial charge is 0.496 e. The Morgan fingerprint density at radius 3 is 2.63 bits per heavy atom. The molecule has 0 amide bonds. The minimum atomic E-state index is -3.22. The second kappa shape index (κ2) is 5.14. The van der Waals surface area contributed by atoms with Crippen molar-refractivity contribution >= 4 is 12.6 Å².